The minimum atomic E-state index is -0.438. The normalized spacial score (nSPS) is 18.5. The molecule has 2 aliphatic heterocycles. The molecule has 0 radical (unpaired) electrons. The zero-order valence-corrected chi connectivity index (χ0v) is 25.0. The lowest BCUT2D eigenvalue weighted by molar-refractivity contribution is 0.0735. The van der Waals surface area contributed by atoms with Gasteiger partial charge in [0.25, 0.3) is 5.91 Å². The molecule has 1 saturated carbocycles. The van der Waals surface area contributed by atoms with Gasteiger partial charge < -0.3 is 20.9 Å². The van der Waals surface area contributed by atoms with E-state index in [4.69, 9.17) is 5.73 Å². The van der Waals surface area contributed by atoms with Crippen LogP contribution in [0.4, 0.5) is 16.2 Å². The Labute approximate surface area is 255 Å². The number of nitrogens with two attached hydrogens (primary N) is 1. The van der Waals surface area contributed by atoms with Gasteiger partial charge in [0, 0.05) is 64.0 Å². The number of nitrogens with one attached hydrogen (secondary N) is 1. The summed E-state index contributed by atoms with van der Waals surface area (Å²) in [7, 11) is 0. The van der Waals surface area contributed by atoms with Crippen LogP contribution in [0.3, 0.4) is 0 Å². The average molecular weight is 581 g/mol. The number of benzene rings is 3. The predicted octanol–water partition coefficient (Wildman–Crippen LogP) is 4.86. The third-order valence-corrected chi connectivity index (χ3v) is 9.31. The molecule has 6 rings (SSSR count). The summed E-state index contributed by atoms with van der Waals surface area (Å²) in [6, 6.07) is 27.1. The standard InChI is InChI=1S/C35H44N6O2/c36-35(43)41(30-14-8-3-9-15-30)32-26-29(34(42)40-20-18-37-19-21-40)16-17-31(32)38-22-24-39(25-23-38)33(27-10-4-1-5-11-27)28-12-6-2-7-13-28/h1-2,4-7,10-13,16-17,26,30,33,37H,3,8-9,14-15,18-25H2,(H2,36,43). The first kappa shape index (κ1) is 29.2. The van der Waals surface area contributed by atoms with Crippen LogP contribution in [-0.4, -0.2) is 80.1 Å². The van der Waals surface area contributed by atoms with Gasteiger partial charge in [-0.15, -0.1) is 0 Å². The summed E-state index contributed by atoms with van der Waals surface area (Å²) in [6.45, 7) is 6.32. The molecule has 8 heteroatoms. The molecule has 3 aliphatic rings. The zero-order chi connectivity index (χ0) is 29.6. The smallest absolute Gasteiger partial charge is 0.319 e. The Balaban J connectivity index is 1.29. The van der Waals surface area contributed by atoms with Crippen LogP contribution in [0.2, 0.25) is 0 Å². The summed E-state index contributed by atoms with van der Waals surface area (Å²) in [6.07, 6.45) is 5.22. The van der Waals surface area contributed by atoms with Gasteiger partial charge in [-0.3, -0.25) is 14.6 Å². The molecule has 0 atom stereocenters. The van der Waals surface area contributed by atoms with Crippen molar-refractivity contribution in [3.05, 3.63) is 95.6 Å². The lowest BCUT2D eigenvalue weighted by atomic mass is 9.93. The molecule has 3 amide bonds. The molecule has 3 aromatic carbocycles. The Bertz CT molecular complexity index is 1320. The van der Waals surface area contributed by atoms with Crippen molar-refractivity contribution in [2.24, 2.45) is 5.73 Å². The molecule has 0 spiro atoms. The van der Waals surface area contributed by atoms with Crippen molar-refractivity contribution < 1.29 is 9.59 Å². The Morgan fingerprint density at radius 1 is 0.767 bits per heavy atom. The molecule has 226 valence electrons. The van der Waals surface area contributed by atoms with Crippen molar-refractivity contribution in [2.75, 3.05) is 62.2 Å². The maximum Gasteiger partial charge on any atom is 0.319 e. The van der Waals surface area contributed by atoms with Crippen molar-refractivity contribution in [2.45, 2.75) is 44.2 Å². The fourth-order valence-electron chi connectivity index (χ4n) is 7.11. The maximum absolute atomic E-state index is 13.5. The molecule has 43 heavy (non-hydrogen) atoms. The quantitative estimate of drug-likeness (QED) is 0.417. The van der Waals surface area contributed by atoms with E-state index in [1.165, 1.54) is 17.5 Å². The van der Waals surface area contributed by atoms with Crippen LogP contribution in [-0.2, 0) is 0 Å². The number of primary amides is 1. The number of carbonyl (C=O) groups excluding carboxylic acids is 2. The second kappa shape index (κ2) is 13.6. The summed E-state index contributed by atoms with van der Waals surface area (Å²) in [5, 5.41) is 3.32. The van der Waals surface area contributed by atoms with Crippen LogP contribution in [0.25, 0.3) is 0 Å². The van der Waals surface area contributed by atoms with E-state index >= 15 is 0 Å². The summed E-state index contributed by atoms with van der Waals surface area (Å²) < 4.78 is 0. The molecule has 2 saturated heterocycles. The molecule has 3 aromatic rings. The number of nitrogens with zero attached hydrogens (tertiary/aromatic N) is 4. The topological polar surface area (TPSA) is 85.1 Å². The van der Waals surface area contributed by atoms with Crippen molar-refractivity contribution in [3.8, 4) is 0 Å². The van der Waals surface area contributed by atoms with Crippen molar-refractivity contribution in [3.63, 3.8) is 0 Å². The highest BCUT2D eigenvalue weighted by molar-refractivity contribution is 6.00. The Morgan fingerprint density at radius 2 is 1.37 bits per heavy atom. The van der Waals surface area contributed by atoms with Gasteiger partial charge in [-0.1, -0.05) is 79.9 Å². The fraction of sp³-hybridized carbons (Fsp3) is 0.429. The number of anilines is 2. The third-order valence-electron chi connectivity index (χ3n) is 9.31. The summed E-state index contributed by atoms with van der Waals surface area (Å²) in [5.41, 5.74) is 11.1. The number of urea groups is 1. The first-order valence-corrected chi connectivity index (χ1v) is 15.9. The lowest BCUT2D eigenvalue weighted by Gasteiger charge is -2.42. The molecular weight excluding hydrogens is 536 g/mol. The zero-order valence-electron chi connectivity index (χ0n) is 25.0. The number of hydrogen-bond donors (Lipinski definition) is 2. The van der Waals surface area contributed by atoms with E-state index in [0.29, 0.717) is 18.7 Å². The second-order valence-electron chi connectivity index (χ2n) is 12.0. The number of hydrogen-bond acceptors (Lipinski definition) is 5. The predicted molar refractivity (Wildman–Crippen MR) is 173 cm³/mol. The van der Waals surface area contributed by atoms with Crippen molar-refractivity contribution in [1.29, 1.82) is 0 Å². The van der Waals surface area contributed by atoms with Gasteiger partial charge in [-0.25, -0.2) is 4.79 Å². The largest absolute Gasteiger partial charge is 0.367 e. The average Bonchev–Trinajstić information content (AvgIpc) is 3.07. The number of amides is 3. The van der Waals surface area contributed by atoms with E-state index in [9.17, 15) is 9.59 Å². The van der Waals surface area contributed by atoms with Gasteiger partial charge in [-0.05, 0) is 42.2 Å². The summed E-state index contributed by atoms with van der Waals surface area (Å²) in [4.78, 5) is 35.2. The first-order chi connectivity index (χ1) is 21.1. The number of piperazine rings is 2. The van der Waals surface area contributed by atoms with E-state index in [1.807, 2.05) is 23.1 Å². The Morgan fingerprint density at radius 3 is 1.95 bits per heavy atom. The minimum absolute atomic E-state index is 0.0146. The lowest BCUT2D eigenvalue weighted by Crippen LogP contribution is -2.50. The van der Waals surface area contributed by atoms with E-state index in [2.05, 4.69) is 75.8 Å². The number of carbonyl (C=O) groups is 2. The monoisotopic (exact) mass is 580 g/mol. The minimum Gasteiger partial charge on any atom is -0.367 e. The highest BCUT2D eigenvalue weighted by Gasteiger charge is 2.32. The molecule has 0 aromatic heterocycles. The van der Waals surface area contributed by atoms with E-state index in [1.54, 1.807) is 4.90 Å². The Hall–Kier alpha value is -3.88. The highest BCUT2D eigenvalue weighted by atomic mass is 16.2. The fourth-order valence-corrected chi connectivity index (χ4v) is 7.11. The van der Waals surface area contributed by atoms with Crippen LogP contribution in [0, 0.1) is 0 Å². The Kier molecular flexibility index (Phi) is 9.24. The maximum atomic E-state index is 13.5. The second-order valence-corrected chi connectivity index (χ2v) is 12.0. The van der Waals surface area contributed by atoms with E-state index < -0.39 is 6.03 Å². The number of rotatable bonds is 7. The van der Waals surface area contributed by atoms with Gasteiger partial charge in [0.05, 0.1) is 17.4 Å². The van der Waals surface area contributed by atoms with Crippen LogP contribution in [0.1, 0.15) is 59.6 Å². The van der Waals surface area contributed by atoms with E-state index in [-0.39, 0.29) is 18.0 Å². The van der Waals surface area contributed by atoms with Crippen LogP contribution in [0.5, 0.6) is 0 Å². The van der Waals surface area contributed by atoms with Crippen LogP contribution >= 0.6 is 0 Å². The molecule has 3 fully saturated rings. The first-order valence-electron chi connectivity index (χ1n) is 15.9. The highest BCUT2D eigenvalue weighted by Crippen LogP contribution is 2.37. The molecule has 3 N–H and O–H groups in total. The molecule has 1 aliphatic carbocycles. The summed E-state index contributed by atoms with van der Waals surface area (Å²) >= 11 is 0. The van der Waals surface area contributed by atoms with E-state index in [0.717, 1.165) is 76.3 Å². The molecular formula is C35H44N6O2. The third kappa shape index (κ3) is 6.55. The van der Waals surface area contributed by atoms with Crippen LogP contribution in [0.15, 0.2) is 78.9 Å². The molecule has 8 nitrogen and oxygen atoms in total. The van der Waals surface area contributed by atoms with Gasteiger partial charge >= 0.3 is 6.03 Å². The van der Waals surface area contributed by atoms with Gasteiger partial charge in [0.1, 0.15) is 0 Å². The molecule has 0 bridgehead atoms. The SMILES string of the molecule is NC(=O)N(c1cc(C(=O)N2CCNCC2)ccc1N1CCN(C(c2ccccc2)c2ccccc2)CC1)C1CCCCC1. The molecule has 2 heterocycles. The van der Waals surface area contributed by atoms with Crippen LogP contribution < -0.4 is 20.9 Å². The van der Waals surface area contributed by atoms with Crippen molar-refractivity contribution >= 4 is 23.3 Å². The summed E-state index contributed by atoms with van der Waals surface area (Å²) in [5.74, 6) is 0.0146. The van der Waals surface area contributed by atoms with Gasteiger partial charge in [0.2, 0.25) is 0 Å². The van der Waals surface area contributed by atoms with Gasteiger partial charge in [-0.2, -0.15) is 0 Å². The van der Waals surface area contributed by atoms with Gasteiger partial charge in [0.15, 0.2) is 0 Å². The van der Waals surface area contributed by atoms with Crippen molar-refractivity contribution in [1.82, 2.24) is 15.1 Å². The molecule has 0 unspecified atom stereocenters.